The maximum Gasteiger partial charge on any atom is 0.326 e. The van der Waals surface area contributed by atoms with E-state index in [1.165, 1.54) is 6.92 Å². The molecule has 19 heavy (non-hydrogen) atoms. The molecule has 7 nitrogen and oxygen atoms in total. The minimum Gasteiger partial charge on any atom is -0.480 e. The van der Waals surface area contributed by atoms with Crippen molar-refractivity contribution in [3.8, 4) is 0 Å². The van der Waals surface area contributed by atoms with Crippen LogP contribution in [0.4, 0.5) is 0 Å². The summed E-state index contributed by atoms with van der Waals surface area (Å²) in [6, 6.07) is -0.749. The summed E-state index contributed by atoms with van der Waals surface area (Å²) in [4.78, 5) is 26.2. The highest BCUT2D eigenvalue weighted by atomic mass is 35.5. The number of carbonyl (C=O) groups excluding carboxylic acids is 1. The topological polar surface area (TPSA) is 131 Å². The van der Waals surface area contributed by atoms with Gasteiger partial charge in [-0.25, -0.2) is 4.79 Å². The molecular weight excluding hydrogens is 272 g/mol. The van der Waals surface area contributed by atoms with Gasteiger partial charge in [-0.1, -0.05) is 0 Å². The van der Waals surface area contributed by atoms with Crippen molar-refractivity contribution in [3.63, 3.8) is 0 Å². The molecule has 8 heteroatoms. The van der Waals surface area contributed by atoms with Gasteiger partial charge in [-0.05, 0) is 31.6 Å². The molecule has 1 aliphatic carbocycles. The van der Waals surface area contributed by atoms with Gasteiger partial charge in [0.2, 0.25) is 5.91 Å². The number of nitrogens with zero attached hydrogens (tertiary/aromatic N) is 1. The fraction of sp³-hybridized carbons (Fsp3) is 0.727. The van der Waals surface area contributed by atoms with Crippen molar-refractivity contribution in [2.24, 2.45) is 22.4 Å². The number of carboxylic acid groups (broad SMARTS) is 1. The molecule has 6 N–H and O–H groups in total. The van der Waals surface area contributed by atoms with E-state index in [-0.39, 0.29) is 36.2 Å². The molecule has 1 amide bonds. The van der Waals surface area contributed by atoms with Crippen LogP contribution < -0.4 is 16.8 Å². The number of carboxylic acids is 1. The fourth-order valence-corrected chi connectivity index (χ4v) is 2.38. The molecule has 0 unspecified atom stereocenters. The van der Waals surface area contributed by atoms with E-state index in [1.54, 1.807) is 0 Å². The molecule has 1 atom stereocenters. The maximum absolute atomic E-state index is 11.1. The molecule has 0 aromatic rings. The lowest BCUT2D eigenvalue weighted by Crippen LogP contribution is -2.46. The number of aliphatic imine (C=N–C) groups is 1. The van der Waals surface area contributed by atoms with Crippen LogP contribution in [0.3, 0.4) is 0 Å². The van der Waals surface area contributed by atoms with Crippen molar-refractivity contribution in [2.75, 3.05) is 0 Å². The zero-order chi connectivity index (χ0) is 13.7. The molecule has 0 bridgehead atoms. The Morgan fingerprint density at radius 1 is 1.26 bits per heavy atom. The second-order valence-corrected chi connectivity index (χ2v) is 4.64. The van der Waals surface area contributed by atoms with Crippen molar-refractivity contribution in [1.29, 1.82) is 0 Å². The van der Waals surface area contributed by atoms with E-state index in [0.717, 1.165) is 12.8 Å². The predicted octanol–water partition coefficient (Wildman–Crippen LogP) is -0.170. The van der Waals surface area contributed by atoms with Crippen molar-refractivity contribution >= 4 is 30.2 Å². The largest absolute Gasteiger partial charge is 0.480 e. The van der Waals surface area contributed by atoms with Crippen LogP contribution in [0.25, 0.3) is 0 Å². The quantitative estimate of drug-likeness (QED) is 0.422. The number of hydrogen-bond donors (Lipinski definition) is 4. The molecule has 0 heterocycles. The molecule has 1 aliphatic rings. The first-order valence-corrected chi connectivity index (χ1v) is 5.98. The van der Waals surface area contributed by atoms with Crippen LogP contribution in [0.2, 0.25) is 0 Å². The molecule has 1 saturated carbocycles. The van der Waals surface area contributed by atoms with Gasteiger partial charge in [0.25, 0.3) is 0 Å². The number of halogens is 1. The summed E-state index contributed by atoms with van der Waals surface area (Å²) in [5, 5.41) is 11.6. The molecule has 1 rings (SSSR count). The number of aliphatic carboxylic acids is 1. The SMILES string of the molecule is CC(=O)N[C@@H](C(=O)O)C1CCC(N=C(N)N)CC1.Cl. The number of carbonyl (C=O) groups is 2. The monoisotopic (exact) mass is 292 g/mol. The number of nitrogens with one attached hydrogen (secondary N) is 1. The van der Waals surface area contributed by atoms with E-state index in [4.69, 9.17) is 16.6 Å². The summed E-state index contributed by atoms with van der Waals surface area (Å²) in [6.07, 6.45) is 2.87. The standard InChI is InChI=1S/C11H20N4O3.ClH/c1-6(16)14-9(10(17)18)7-2-4-8(5-3-7)15-11(12)13;/h7-9H,2-5H2,1H3,(H,14,16)(H,17,18)(H4,12,13,15);1H/t7?,8?,9-;/m1./s1. The average Bonchev–Trinajstić information content (AvgIpc) is 2.26. The maximum atomic E-state index is 11.1. The van der Waals surface area contributed by atoms with E-state index >= 15 is 0 Å². The van der Waals surface area contributed by atoms with Gasteiger partial charge in [0, 0.05) is 6.92 Å². The normalized spacial score (nSPS) is 23.6. The molecule has 0 spiro atoms. The number of guanidine groups is 1. The second-order valence-electron chi connectivity index (χ2n) is 4.64. The van der Waals surface area contributed by atoms with Crippen LogP contribution in [-0.4, -0.2) is 35.0 Å². The third-order valence-electron chi connectivity index (χ3n) is 3.17. The van der Waals surface area contributed by atoms with Gasteiger partial charge in [-0.2, -0.15) is 0 Å². The minimum atomic E-state index is -0.990. The van der Waals surface area contributed by atoms with Crippen LogP contribution >= 0.6 is 12.4 Å². The molecule has 0 saturated heterocycles. The van der Waals surface area contributed by atoms with Crippen LogP contribution in [-0.2, 0) is 9.59 Å². The average molecular weight is 293 g/mol. The zero-order valence-corrected chi connectivity index (χ0v) is 11.7. The summed E-state index contributed by atoms with van der Waals surface area (Å²) >= 11 is 0. The summed E-state index contributed by atoms with van der Waals surface area (Å²) in [7, 11) is 0. The number of hydrogen-bond acceptors (Lipinski definition) is 3. The first kappa shape index (κ1) is 17.5. The molecule has 1 fully saturated rings. The lowest BCUT2D eigenvalue weighted by atomic mass is 9.81. The first-order chi connectivity index (χ1) is 8.40. The summed E-state index contributed by atoms with van der Waals surface area (Å²) in [5.41, 5.74) is 10.6. The fourth-order valence-electron chi connectivity index (χ4n) is 2.38. The highest BCUT2D eigenvalue weighted by molar-refractivity contribution is 5.85. The van der Waals surface area contributed by atoms with Gasteiger partial charge in [0.15, 0.2) is 5.96 Å². The third kappa shape index (κ3) is 5.78. The predicted molar refractivity (Wildman–Crippen MR) is 74.0 cm³/mol. The Morgan fingerprint density at radius 2 is 1.79 bits per heavy atom. The van der Waals surface area contributed by atoms with E-state index in [2.05, 4.69) is 10.3 Å². The van der Waals surface area contributed by atoms with Crippen molar-refractivity contribution < 1.29 is 14.7 Å². The zero-order valence-electron chi connectivity index (χ0n) is 10.8. The Morgan fingerprint density at radius 3 is 2.16 bits per heavy atom. The van der Waals surface area contributed by atoms with Gasteiger partial charge < -0.3 is 21.9 Å². The van der Waals surface area contributed by atoms with Crippen molar-refractivity contribution in [1.82, 2.24) is 5.32 Å². The highest BCUT2D eigenvalue weighted by Gasteiger charge is 2.32. The summed E-state index contributed by atoms with van der Waals surface area (Å²) in [5.74, 6) is -1.31. The highest BCUT2D eigenvalue weighted by Crippen LogP contribution is 2.28. The van der Waals surface area contributed by atoms with Crippen molar-refractivity contribution in [3.05, 3.63) is 0 Å². The van der Waals surface area contributed by atoms with Crippen LogP contribution in [0, 0.1) is 5.92 Å². The molecule has 0 aromatic heterocycles. The molecule has 0 radical (unpaired) electrons. The van der Waals surface area contributed by atoms with Crippen molar-refractivity contribution in [2.45, 2.75) is 44.7 Å². The van der Waals surface area contributed by atoms with E-state index in [0.29, 0.717) is 12.8 Å². The Bertz CT molecular complexity index is 350. The summed E-state index contributed by atoms with van der Waals surface area (Å²) in [6.45, 7) is 1.32. The number of rotatable bonds is 4. The van der Waals surface area contributed by atoms with Gasteiger partial charge in [0.05, 0.1) is 6.04 Å². The molecule has 0 aromatic carbocycles. The first-order valence-electron chi connectivity index (χ1n) is 5.98. The third-order valence-corrected chi connectivity index (χ3v) is 3.17. The number of nitrogens with two attached hydrogens (primary N) is 2. The van der Waals surface area contributed by atoms with E-state index in [1.807, 2.05) is 0 Å². The Balaban J connectivity index is 0.00000324. The van der Waals surface area contributed by atoms with Gasteiger partial charge in [-0.15, -0.1) is 12.4 Å². The lowest BCUT2D eigenvalue weighted by Gasteiger charge is -2.30. The van der Waals surface area contributed by atoms with Gasteiger partial charge in [0.1, 0.15) is 6.04 Å². The minimum absolute atomic E-state index is 0. The molecule has 0 aliphatic heterocycles. The second kappa shape index (κ2) is 7.83. The Labute approximate surface area is 118 Å². The van der Waals surface area contributed by atoms with E-state index < -0.39 is 12.0 Å². The van der Waals surface area contributed by atoms with Gasteiger partial charge >= 0.3 is 5.97 Å². The molecule has 110 valence electrons. The van der Waals surface area contributed by atoms with Crippen LogP contribution in [0.1, 0.15) is 32.6 Å². The van der Waals surface area contributed by atoms with E-state index in [9.17, 15) is 9.59 Å². The smallest absolute Gasteiger partial charge is 0.326 e. The Kier molecular flexibility index (Phi) is 7.21. The Hall–Kier alpha value is -1.50. The number of amides is 1. The lowest BCUT2D eigenvalue weighted by molar-refractivity contribution is -0.143. The summed E-state index contributed by atoms with van der Waals surface area (Å²) < 4.78 is 0. The van der Waals surface area contributed by atoms with Crippen LogP contribution in [0.5, 0.6) is 0 Å². The van der Waals surface area contributed by atoms with Gasteiger partial charge in [-0.3, -0.25) is 9.79 Å². The molecular formula is C11H21ClN4O3. The van der Waals surface area contributed by atoms with Crippen LogP contribution in [0.15, 0.2) is 4.99 Å².